The van der Waals surface area contributed by atoms with Gasteiger partial charge in [-0.1, -0.05) is 18.2 Å². The fourth-order valence-corrected chi connectivity index (χ4v) is 0.807. The maximum absolute atomic E-state index is 12.5. The van der Waals surface area contributed by atoms with E-state index in [1.54, 1.807) is 0 Å². The largest absolute Gasteiger partial charge is 0.488 e. The van der Waals surface area contributed by atoms with Crippen molar-refractivity contribution < 1.29 is 14.4 Å². The van der Waals surface area contributed by atoms with Crippen LogP contribution in [0.25, 0.3) is 0 Å². The molecule has 0 atom stereocenters. The van der Waals surface area contributed by atoms with E-state index in [4.69, 9.17) is 10.0 Å². The van der Waals surface area contributed by atoms with E-state index in [1.807, 2.05) is 0 Å². The van der Waals surface area contributed by atoms with Crippen molar-refractivity contribution in [3.8, 4) is 0 Å². The molecule has 2 nitrogen and oxygen atoms in total. The Morgan fingerprint density at radius 2 is 2.18 bits per heavy atom. The average Bonchev–Trinajstić information content (AvgIpc) is 2.13. The summed E-state index contributed by atoms with van der Waals surface area (Å²) in [6, 6.07) is 0. The maximum atomic E-state index is 12.5. The molecule has 0 heterocycles. The Morgan fingerprint density at radius 3 is 2.82 bits per heavy atom. The SMILES string of the molecule is OB(O)C1=CCC(F)=CC=C1. The van der Waals surface area contributed by atoms with Crippen LogP contribution in [0.5, 0.6) is 0 Å². The number of rotatable bonds is 1. The van der Waals surface area contributed by atoms with Gasteiger partial charge in [-0.25, -0.2) is 4.39 Å². The summed E-state index contributed by atoms with van der Waals surface area (Å²) in [5, 5.41) is 17.4. The molecule has 0 aliphatic heterocycles. The molecule has 0 bridgehead atoms. The van der Waals surface area contributed by atoms with Crippen LogP contribution in [0.15, 0.2) is 35.6 Å². The molecule has 0 spiro atoms. The molecular weight excluding hydrogens is 146 g/mol. The molecule has 58 valence electrons. The molecule has 0 amide bonds. The molecule has 0 aromatic rings. The minimum atomic E-state index is -1.51. The quantitative estimate of drug-likeness (QED) is 0.546. The van der Waals surface area contributed by atoms with Gasteiger partial charge in [-0.05, 0) is 11.5 Å². The first-order chi connectivity index (χ1) is 5.20. The molecule has 1 aliphatic carbocycles. The summed E-state index contributed by atoms with van der Waals surface area (Å²) in [5.41, 5.74) is 0.328. The van der Waals surface area contributed by atoms with Gasteiger partial charge in [0.25, 0.3) is 0 Å². The first kappa shape index (κ1) is 8.23. The topological polar surface area (TPSA) is 40.5 Å². The molecule has 0 fully saturated rings. The molecule has 0 aromatic carbocycles. The van der Waals surface area contributed by atoms with E-state index in [2.05, 4.69) is 0 Å². The molecule has 0 saturated carbocycles. The highest BCUT2D eigenvalue weighted by Gasteiger charge is 2.12. The summed E-state index contributed by atoms with van der Waals surface area (Å²) in [5.74, 6) is -0.281. The summed E-state index contributed by atoms with van der Waals surface area (Å²) in [7, 11) is -1.51. The highest BCUT2D eigenvalue weighted by molar-refractivity contribution is 6.51. The van der Waals surface area contributed by atoms with Crippen molar-refractivity contribution in [3.63, 3.8) is 0 Å². The van der Waals surface area contributed by atoms with Crippen molar-refractivity contribution in [3.05, 3.63) is 35.6 Å². The van der Waals surface area contributed by atoms with Gasteiger partial charge in [-0.3, -0.25) is 0 Å². The number of halogens is 1. The lowest BCUT2D eigenvalue weighted by Gasteiger charge is -1.96. The molecule has 11 heavy (non-hydrogen) atoms. The van der Waals surface area contributed by atoms with Crippen LogP contribution in [0.1, 0.15) is 6.42 Å². The van der Waals surface area contributed by atoms with E-state index in [0.717, 1.165) is 0 Å². The Morgan fingerprint density at radius 1 is 1.45 bits per heavy atom. The Labute approximate surface area is 64.5 Å². The molecule has 0 aromatic heterocycles. The van der Waals surface area contributed by atoms with Crippen molar-refractivity contribution in [1.29, 1.82) is 0 Å². The highest BCUT2D eigenvalue weighted by atomic mass is 19.1. The van der Waals surface area contributed by atoms with E-state index >= 15 is 0 Å². The Hall–Kier alpha value is -0.865. The van der Waals surface area contributed by atoms with Crippen LogP contribution in [0, 0.1) is 0 Å². The molecule has 1 rings (SSSR count). The highest BCUT2D eigenvalue weighted by Crippen LogP contribution is 2.12. The summed E-state index contributed by atoms with van der Waals surface area (Å²) >= 11 is 0. The zero-order valence-corrected chi connectivity index (χ0v) is 5.87. The molecule has 2 N–H and O–H groups in total. The monoisotopic (exact) mass is 154 g/mol. The van der Waals surface area contributed by atoms with Crippen LogP contribution in [-0.4, -0.2) is 17.2 Å². The van der Waals surface area contributed by atoms with Crippen LogP contribution in [0.3, 0.4) is 0 Å². The summed E-state index contributed by atoms with van der Waals surface area (Å²) in [6.45, 7) is 0. The van der Waals surface area contributed by atoms with Gasteiger partial charge in [0.1, 0.15) is 5.83 Å². The summed E-state index contributed by atoms with van der Waals surface area (Å²) in [4.78, 5) is 0. The molecule has 1 aliphatic rings. The van der Waals surface area contributed by atoms with Crippen LogP contribution >= 0.6 is 0 Å². The predicted molar refractivity (Wildman–Crippen MR) is 41.2 cm³/mol. The third-order valence-corrected chi connectivity index (χ3v) is 1.40. The molecule has 0 radical (unpaired) electrons. The standard InChI is InChI=1S/C7H8BFO2/c9-7-3-1-2-6(4-5-7)8(10)11/h1-4,10-11H,5H2. The second-order valence-corrected chi connectivity index (χ2v) is 2.25. The Kier molecular flexibility index (Phi) is 2.62. The van der Waals surface area contributed by atoms with Crippen molar-refractivity contribution in [2.75, 3.05) is 0 Å². The van der Waals surface area contributed by atoms with Gasteiger partial charge in [0.05, 0.1) is 0 Å². The van der Waals surface area contributed by atoms with Gasteiger partial charge >= 0.3 is 7.12 Å². The minimum absolute atomic E-state index is 0.125. The lowest BCUT2D eigenvalue weighted by Crippen LogP contribution is -2.13. The normalized spacial score (nSPS) is 17.0. The zero-order chi connectivity index (χ0) is 8.27. The number of allylic oxidation sites excluding steroid dienone is 6. The van der Waals surface area contributed by atoms with Gasteiger partial charge in [-0.2, -0.15) is 0 Å². The van der Waals surface area contributed by atoms with Gasteiger partial charge < -0.3 is 10.0 Å². The smallest absolute Gasteiger partial charge is 0.423 e. The second kappa shape index (κ2) is 3.50. The van der Waals surface area contributed by atoms with E-state index in [0.29, 0.717) is 5.47 Å². The number of hydrogen-bond acceptors (Lipinski definition) is 2. The van der Waals surface area contributed by atoms with E-state index in [9.17, 15) is 4.39 Å². The maximum Gasteiger partial charge on any atom is 0.488 e. The van der Waals surface area contributed by atoms with Gasteiger partial charge in [0, 0.05) is 6.42 Å². The van der Waals surface area contributed by atoms with E-state index < -0.39 is 7.12 Å². The Balaban J connectivity index is 2.74. The van der Waals surface area contributed by atoms with Crippen molar-refractivity contribution >= 4 is 7.12 Å². The molecule has 0 unspecified atom stereocenters. The van der Waals surface area contributed by atoms with Crippen molar-refractivity contribution in [2.45, 2.75) is 6.42 Å². The van der Waals surface area contributed by atoms with E-state index in [1.165, 1.54) is 24.3 Å². The van der Waals surface area contributed by atoms with E-state index in [-0.39, 0.29) is 12.2 Å². The third-order valence-electron chi connectivity index (χ3n) is 1.40. The molecule has 0 saturated heterocycles. The first-order valence-corrected chi connectivity index (χ1v) is 3.29. The van der Waals surface area contributed by atoms with Gasteiger partial charge in [0.2, 0.25) is 0 Å². The predicted octanol–water partition coefficient (Wildman–Crippen LogP) is 0.738. The summed E-state index contributed by atoms with van der Waals surface area (Å²) in [6.07, 6.45) is 5.79. The fraction of sp³-hybridized carbons (Fsp3) is 0.143. The van der Waals surface area contributed by atoms with Crippen molar-refractivity contribution in [1.82, 2.24) is 0 Å². The second-order valence-electron chi connectivity index (χ2n) is 2.25. The molecular formula is C7H8BFO2. The third kappa shape index (κ3) is 2.33. The van der Waals surface area contributed by atoms with Crippen LogP contribution < -0.4 is 0 Å². The van der Waals surface area contributed by atoms with Gasteiger partial charge in [-0.15, -0.1) is 0 Å². The average molecular weight is 154 g/mol. The molecule has 4 heteroatoms. The summed E-state index contributed by atoms with van der Waals surface area (Å²) < 4.78 is 12.5. The lowest BCUT2D eigenvalue weighted by molar-refractivity contribution is 0.420. The first-order valence-electron chi connectivity index (χ1n) is 3.29. The van der Waals surface area contributed by atoms with Crippen molar-refractivity contribution in [2.24, 2.45) is 0 Å². The van der Waals surface area contributed by atoms with Crippen LogP contribution in [0.4, 0.5) is 4.39 Å². The zero-order valence-electron chi connectivity index (χ0n) is 5.87. The Bertz CT molecular complexity index is 231. The number of hydrogen-bond donors (Lipinski definition) is 2. The van der Waals surface area contributed by atoms with Crippen LogP contribution in [-0.2, 0) is 0 Å². The van der Waals surface area contributed by atoms with Gasteiger partial charge in [0.15, 0.2) is 0 Å². The fourth-order valence-electron chi connectivity index (χ4n) is 0.807. The minimum Gasteiger partial charge on any atom is -0.423 e. The van der Waals surface area contributed by atoms with Crippen LogP contribution in [0.2, 0.25) is 0 Å². The lowest BCUT2D eigenvalue weighted by atomic mass is 9.79.